The lowest BCUT2D eigenvalue weighted by Crippen LogP contribution is -2.37. The van der Waals surface area contributed by atoms with Gasteiger partial charge in [-0.15, -0.1) is 24.0 Å². The average Bonchev–Trinajstić information content (AvgIpc) is 2.58. The third kappa shape index (κ3) is 6.57. The Hall–Kier alpha value is -1.47. The Bertz CT molecular complexity index is 664. The van der Waals surface area contributed by atoms with Gasteiger partial charge in [-0.2, -0.15) is 0 Å². The van der Waals surface area contributed by atoms with Crippen LogP contribution < -0.4 is 15.4 Å². The molecular weight excluding hydrogens is 437 g/mol. The first-order valence-corrected chi connectivity index (χ1v) is 7.91. The normalized spacial score (nSPS) is 10.7. The van der Waals surface area contributed by atoms with Crippen LogP contribution in [0.3, 0.4) is 0 Å². The molecule has 0 radical (unpaired) electrons. The number of guanidine groups is 1. The van der Waals surface area contributed by atoms with Gasteiger partial charge in [-0.25, -0.2) is 0 Å². The molecule has 0 fully saturated rings. The van der Waals surface area contributed by atoms with Crippen LogP contribution in [0, 0.1) is 0 Å². The van der Waals surface area contributed by atoms with Gasteiger partial charge < -0.3 is 15.4 Å². The minimum atomic E-state index is 0. The molecule has 4 nitrogen and oxygen atoms in total. The number of ether oxygens (including phenoxy) is 1. The van der Waals surface area contributed by atoms with E-state index in [-0.39, 0.29) is 24.0 Å². The van der Waals surface area contributed by atoms with Crippen molar-refractivity contribution in [1.29, 1.82) is 0 Å². The van der Waals surface area contributed by atoms with Crippen LogP contribution in [0.2, 0.25) is 5.02 Å². The zero-order valence-electron chi connectivity index (χ0n) is 13.9. The highest BCUT2D eigenvalue weighted by molar-refractivity contribution is 14.0. The number of nitrogens with one attached hydrogen (secondary N) is 2. The summed E-state index contributed by atoms with van der Waals surface area (Å²) in [6.45, 7) is 1.45. The standard InChI is InChI=1S/C18H22ClN3O.HI/c1-20-18(22-13-14-6-5-8-16(19)12-14)21-11-10-15-7-3-4-9-17(15)23-2;/h3-9,12H,10-11,13H2,1-2H3,(H2,20,21,22);1H. The van der Waals surface area contributed by atoms with Gasteiger partial charge in [-0.3, -0.25) is 4.99 Å². The minimum absolute atomic E-state index is 0. The van der Waals surface area contributed by atoms with Crippen molar-refractivity contribution < 1.29 is 4.74 Å². The van der Waals surface area contributed by atoms with Crippen molar-refractivity contribution in [1.82, 2.24) is 10.6 Å². The number of nitrogens with zero attached hydrogens (tertiary/aromatic N) is 1. The van der Waals surface area contributed by atoms with Crippen LogP contribution in [0.5, 0.6) is 5.75 Å². The molecular formula is C18H23ClIN3O. The fourth-order valence-corrected chi connectivity index (χ4v) is 2.49. The molecule has 2 N–H and O–H groups in total. The van der Waals surface area contributed by atoms with Crippen molar-refractivity contribution in [2.75, 3.05) is 20.7 Å². The summed E-state index contributed by atoms with van der Waals surface area (Å²) in [6, 6.07) is 15.8. The lowest BCUT2D eigenvalue weighted by molar-refractivity contribution is 0.409. The molecule has 0 heterocycles. The summed E-state index contributed by atoms with van der Waals surface area (Å²) in [5, 5.41) is 7.32. The maximum atomic E-state index is 5.99. The summed E-state index contributed by atoms with van der Waals surface area (Å²) in [4.78, 5) is 4.23. The van der Waals surface area contributed by atoms with Crippen molar-refractivity contribution in [3.05, 3.63) is 64.7 Å². The van der Waals surface area contributed by atoms with Crippen molar-refractivity contribution in [3.63, 3.8) is 0 Å². The number of rotatable bonds is 6. The molecule has 130 valence electrons. The zero-order chi connectivity index (χ0) is 16.5. The van der Waals surface area contributed by atoms with Crippen molar-refractivity contribution >= 4 is 41.5 Å². The SMILES string of the molecule is CN=C(NCCc1ccccc1OC)NCc1cccc(Cl)c1.I. The fraction of sp³-hybridized carbons (Fsp3) is 0.278. The van der Waals surface area contributed by atoms with Gasteiger partial charge in [0.25, 0.3) is 0 Å². The second kappa shape index (κ2) is 11.1. The van der Waals surface area contributed by atoms with Gasteiger partial charge in [0, 0.05) is 25.2 Å². The largest absolute Gasteiger partial charge is 0.496 e. The quantitative estimate of drug-likeness (QED) is 0.392. The Labute approximate surface area is 165 Å². The van der Waals surface area contributed by atoms with Gasteiger partial charge in [0.2, 0.25) is 0 Å². The van der Waals surface area contributed by atoms with Crippen LogP contribution in [-0.2, 0) is 13.0 Å². The van der Waals surface area contributed by atoms with E-state index in [1.165, 1.54) is 5.56 Å². The first kappa shape index (κ1) is 20.6. The Morgan fingerprint density at radius 2 is 1.92 bits per heavy atom. The molecule has 2 aromatic rings. The molecule has 0 atom stereocenters. The molecule has 0 unspecified atom stereocenters. The van der Waals surface area contributed by atoms with Gasteiger partial charge in [-0.05, 0) is 35.7 Å². The van der Waals surface area contributed by atoms with E-state index < -0.39 is 0 Å². The van der Waals surface area contributed by atoms with E-state index in [1.807, 2.05) is 42.5 Å². The average molecular weight is 460 g/mol. The Morgan fingerprint density at radius 3 is 2.62 bits per heavy atom. The molecule has 6 heteroatoms. The Kier molecular flexibility index (Phi) is 9.56. The highest BCUT2D eigenvalue weighted by Gasteiger charge is 2.03. The monoisotopic (exact) mass is 459 g/mol. The molecule has 0 bridgehead atoms. The third-order valence-corrected chi connectivity index (χ3v) is 3.69. The van der Waals surface area contributed by atoms with Gasteiger partial charge >= 0.3 is 0 Å². The summed E-state index contributed by atoms with van der Waals surface area (Å²) in [6.07, 6.45) is 0.863. The molecule has 2 aromatic carbocycles. The van der Waals surface area contributed by atoms with E-state index in [9.17, 15) is 0 Å². The number of hydrogen-bond acceptors (Lipinski definition) is 2. The molecule has 24 heavy (non-hydrogen) atoms. The van der Waals surface area contributed by atoms with E-state index in [1.54, 1.807) is 14.2 Å². The molecule has 2 rings (SSSR count). The minimum Gasteiger partial charge on any atom is -0.496 e. The summed E-state index contributed by atoms with van der Waals surface area (Å²) in [5.41, 5.74) is 2.29. The topological polar surface area (TPSA) is 45.7 Å². The Morgan fingerprint density at radius 1 is 1.12 bits per heavy atom. The molecule has 0 aliphatic rings. The van der Waals surface area contributed by atoms with E-state index in [0.717, 1.165) is 35.3 Å². The van der Waals surface area contributed by atoms with Gasteiger partial charge in [0.05, 0.1) is 7.11 Å². The number of methoxy groups -OCH3 is 1. The second-order valence-corrected chi connectivity index (χ2v) is 5.48. The molecule has 0 aliphatic heterocycles. The van der Waals surface area contributed by atoms with E-state index in [0.29, 0.717) is 6.54 Å². The zero-order valence-corrected chi connectivity index (χ0v) is 17.0. The van der Waals surface area contributed by atoms with Crippen LogP contribution in [0.15, 0.2) is 53.5 Å². The summed E-state index contributed by atoms with van der Waals surface area (Å²) >= 11 is 5.99. The third-order valence-electron chi connectivity index (χ3n) is 3.45. The van der Waals surface area contributed by atoms with Gasteiger partial charge in [0.1, 0.15) is 5.75 Å². The molecule has 0 aromatic heterocycles. The number of aliphatic imine (C=N–C) groups is 1. The maximum Gasteiger partial charge on any atom is 0.191 e. The summed E-state index contributed by atoms with van der Waals surface area (Å²) < 4.78 is 5.36. The lowest BCUT2D eigenvalue weighted by atomic mass is 10.1. The van der Waals surface area contributed by atoms with Gasteiger partial charge in [-0.1, -0.05) is 41.9 Å². The van der Waals surface area contributed by atoms with Crippen molar-refractivity contribution in [2.45, 2.75) is 13.0 Å². The predicted molar refractivity (Wildman–Crippen MR) is 112 cm³/mol. The lowest BCUT2D eigenvalue weighted by Gasteiger charge is -2.13. The summed E-state index contributed by atoms with van der Waals surface area (Å²) in [7, 11) is 3.45. The van der Waals surface area contributed by atoms with Crippen LogP contribution >= 0.6 is 35.6 Å². The first-order valence-electron chi connectivity index (χ1n) is 7.54. The van der Waals surface area contributed by atoms with E-state index in [4.69, 9.17) is 16.3 Å². The van der Waals surface area contributed by atoms with Crippen LogP contribution in [0.4, 0.5) is 0 Å². The van der Waals surface area contributed by atoms with Crippen molar-refractivity contribution in [2.24, 2.45) is 4.99 Å². The molecule has 0 saturated carbocycles. The molecule has 0 amide bonds. The van der Waals surface area contributed by atoms with Crippen molar-refractivity contribution in [3.8, 4) is 5.75 Å². The van der Waals surface area contributed by atoms with Crippen LogP contribution in [0.25, 0.3) is 0 Å². The number of benzene rings is 2. The maximum absolute atomic E-state index is 5.99. The fourth-order valence-electron chi connectivity index (χ4n) is 2.28. The number of halogens is 2. The summed E-state index contributed by atoms with van der Waals surface area (Å²) in [5.74, 6) is 1.68. The van der Waals surface area contributed by atoms with Crippen LogP contribution in [0.1, 0.15) is 11.1 Å². The highest BCUT2D eigenvalue weighted by Crippen LogP contribution is 2.17. The molecule has 0 saturated heterocycles. The van der Waals surface area contributed by atoms with Gasteiger partial charge in [0.15, 0.2) is 5.96 Å². The highest BCUT2D eigenvalue weighted by atomic mass is 127. The molecule has 0 spiro atoms. The van der Waals surface area contributed by atoms with E-state index >= 15 is 0 Å². The number of hydrogen-bond donors (Lipinski definition) is 2. The molecule has 0 aliphatic carbocycles. The first-order chi connectivity index (χ1) is 11.2. The second-order valence-electron chi connectivity index (χ2n) is 5.04. The Balaban J connectivity index is 0.00000288. The van der Waals surface area contributed by atoms with E-state index in [2.05, 4.69) is 21.7 Å². The smallest absolute Gasteiger partial charge is 0.191 e. The van der Waals surface area contributed by atoms with Crippen LogP contribution in [-0.4, -0.2) is 26.7 Å². The number of para-hydroxylation sites is 1. The predicted octanol–water partition coefficient (Wildman–Crippen LogP) is 3.87.